The molecular weight excluding hydrogens is 236 g/mol. The van der Waals surface area contributed by atoms with Gasteiger partial charge in [-0.3, -0.25) is 5.21 Å². The standard InChI is InChI=1S/C12H16N2O2S/c13-12(15)14(16)9-6-7-11(8-9)17-10-4-2-1-3-5-10/h1-5,9,11,16H,6-8H2,(H2,13,15). The van der Waals surface area contributed by atoms with Crippen LogP contribution < -0.4 is 5.73 Å². The van der Waals surface area contributed by atoms with Crippen molar-refractivity contribution in [3.63, 3.8) is 0 Å². The summed E-state index contributed by atoms with van der Waals surface area (Å²) in [5, 5.41) is 10.6. The SMILES string of the molecule is NC(=O)N(O)C1CCC(Sc2ccccc2)C1. The Morgan fingerprint density at radius 3 is 2.71 bits per heavy atom. The van der Waals surface area contributed by atoms with Gasteiger partial charge in [-0.1, -0.05) is 18.2 Å². The van der Waals surface area contributed by atoms with Crippen molar-refractivity contribution < 1.29 is 10.0 Å². The van der Waals surface area contributed by atoms with Crippen LogP contribution in [0, 0.1) is 0 Å². The highest BCUT2D eigenvalue weighted by Crippen LogP contribution is 2.36. The fraction of sp³-hybridized carbons (Fsp3) is 0.417. The first kappa shape index (κ1) is 12.3. The summed E-state index contributed by atoms with van der Waals surface area (Å²) < 4.78 is 0. The number of hydrogen-bond donors (Lipinski definition) is 2. The Morgan fingerprint density at radius 1 is 1.35 bits per heavy atom. The predicted octanol–water partition coefficient (Wildman–Crippen LogP) is 2.47. The van der Waals surface area contributed by atoms with Crippen LogP contribution in [0.4, 0.5) is 4.79 Å². The van der Waals surface area contributed by atoms with Crippen molar-refractivity contribution in [3.05, 3.63) is 30.3 Å². The Kier molecular flexibility index (Phi) is 3.91. The lowest BCUT2D eigenvalue weighted by molar-refractivity contribution is -0.0725. The molecule has 0 aromatic heterocycles. The quantitative estimate of drug-likeness (QED) is 0.641. The van der Waals surface area contributed by atoms with E-state index in [1.165, 1.54) is 4.90 Å². The highest BCUT2D eigenvalue weighted by atomic mass is 32.2. The molecule has 1 saturated carbocycles. The third-order valence-corrected chi connectivity index (χ3v) is 4.28. The first-order valence-corrected chi connectivity index (χ1v) is 6.54. The molecule has 2 unspecified atom stereocenters. The molecule has 0 aliphatic heterocycles. The van der Waals surface area contributed by atoms with Crippen molar-refractivity contribution in [3.8, 4) is 0 Å². The number of nitrogens with two attached hydrogens (primary N) is 1. The molecule has 0 saturated heterocycles. The molecule has 2 atom stereocenters. The fourth-order valence-corrected chi connectivity index (χ4v) is 3.39. The van der Waals surface area contributed by atoms with Gasteiger partial charge in [0, 0.05) is 10.1 Å². The van der Waals surface area contributed by atoms with E-state index in [4.69, 9.17) is 5.73 Å². The number of hydrogen-bond acceptors (Lipinski definition) is 3. The van der Waals surface area contributed by atoms with Crippen LogP contribution in [0.15, 0.2) is 35.2 Å². The molecule has 1 aliphatic rings. The molecule has 17 heavy (non-hydrogen) atoms. The monoisotopic (exact) mass is 252 g/mol. The van der Waals surface area contributed by atoms with Crippen LogP contribution in [-0.4, -0.2) is 27.6 Å². The van der Waals surface area contributed by atoms with Crippen molar-refractivity contribution in [1.29, 1.82) is 0 Å². The molecule has 1 fully saturated rings. The maximum atomic E-state index is 10.8. The fourth-order valence-electron chi connectivity index (χ4n) is 2.12. The Labute approximate surface area is 105 Å². The van der Waals surface area contributed by atoms with E-state index >= 15 is 0 Å². The third kappa shape index (κ3) is 3.14. The zero-order valence-electron chi connectivity index (χ0n) is 9.45. The van der Waals surface area contributed by atoms with E-state index < -0.39 is 6.03 Å². The number of hydroxylamine groups is 2. The number of amides is 2. The lowest BCUT2D eigenvalue weighted by atomic mass is 10.2. The van der Waals surface area contributed by atoms with Crippen molar-refractivity contribution in [2.75, 3.05) is 0 Å². The Hall–Kier alpha value is -1.20. The summed E-state index contributed by atoms with van der Waals surface area (Å²) >= 11 is 1.79. The summed E-state index contributed by atoms with van der Waals surface area (Å²) in [7, 11) is 0. The molecule has 2 amide bonds. The van der Waals surface area contributed by atoms with E-state index in [1.54, 1.807) is 11.8 Å². The molecule has 5 heteroatoms. The first-order valence-electron chi connectivity index (χ1n) is 5.66. The van der Waals surface area contributed by atoms with Crippen molar-refractivity contribution in [2.24, 2.45) is 5.73 Å². The first-order chi connectivity index (χ1) is 8.16. The van der Waals surface area contributed by atoms with Crippen LogP contribution in [0.3, 0.4) is 0 Å². The Morgan fingerprint density at radius 2 is 2.06 bits per heavy atom. The number of benzene rings is 1. The minimum atomic E-state index is -0.764. The topological polar surface area (TPSA) is 66.6 Å². The summed E-state index contributed by atoms with van der Waals surface area (Å²) in [6.07, 6.45) is 2.59. The molecule has 2 rings (SSSR count). The van der Waals surface area contributed by atoms with Crippen LogP contribution in [-0.2, 0) is 0 Å². The highest BCUT2D eigenvalue weighted by Gasteiger charge is 2.31. The molecule has 1 aromatic rings. The van der Waals surface area contributed by atoms with Gasteiger partial charge in [-0.15, -0.1) is 11.8 Å². The minimum absolute atomic E-state index is 0.131. The summed E-state index contributed by atoms with van der Waals surface area (Å²) in [4.78, 5) is 12.1. The van der Waals surface area contributed by atoms with Crippen molar-refractivity contribution >= 4 is 17.8 Å². The lowest BCUT2D eigenvalue weighted by Crippen LogP contribution is -2.39. The second kappa shape index (κ2) is 5.42. The number of rotatable bonds is 3. The van der Waals surface area contributed by atoms with Gasteiger partial charge in [0.05, 0.1) is 6.04 Å². The highest BCUT2D eigenvalue weighted by molar-refractivity contribution is 8.00. The number of urea groups is 1. The van der Waals surface area contributed by atoms with Crippen LogP contribution in [0.1, 0.15) is 19.3 Å². The normalized spacial score (nSPS) is 23.6. The molecule has 1 aliphatic carbocycles. The Bertz CT molecular complexity index is 385. The predicted molar refractivity (Wildman–Crippen MR) is 66.9 cm³/mol. The molecule has 1 aromatic carbocycles. The molecule has 3 N–H and O–H groups in total. The van der Waals surface area contributed by atoms with Crippen LogP contribution in [0.25, 0.3) is 0 Å². The summed E-state index contributed by atoms with van der Waals surface area (Å²) in [5.41, 5.74) is 5.04. The second-order valence-corrected chi connectivity index (χ2v) is 5.58. The number of carbonyl (C=O) groups excluding carboxylic acids is 1. The molecular formula is C12H16N2O2S. The maximum Gasteiger partial charge on any atom is 0.338 e. The van der Waals surface area contributed by atoms with Crippen LogP contribution in [0.5, 0.6) is 0 Å². The van der Waals surface area contributed by atoms with Crippen LogP contribution >= 0.6 is 11.8 Å². The van der Waals surface area contributed by atoms with Gasteiger partial charge in [0.2, 0.25) is 0 Å². The van der Waals surface area contributed by atoms with E-state index in [2.05, 4.69) is 12.1 Å². The molecule has 0 radical (unpaired) electrons. The second-order valence-electron chi connectivity index (χ2n) is 4.20. The van der Waals surface area contributed by atoms with Crippen molar-refractivity contribution in [1.82, 2.24) is 5.06 Å². The zero-order chi connectivity index (χ0) is 12.3. The molecule has 0 spiro atoms. The maximum absolute atomic E-state index is 10.8. The van der Waals surface area contributed by atoms with Gasteiger partial charge in [-0.2, -0.15) is 0 Å². The van der Waals surface area contributed by atoms with Gasteiger partial charge < -0.3 is 5.73 Å². The van der Waals surface area contributed by atoms with E-state index in [-0.39, 0.29) is 6.04 Å². The zero-order valence-corrected chi connectivity index (χ0v) is 10.3. The number of carbonyl (C=O) groups is 1. The van der Waals surface area contributed by atoms with E-state index in [0.29, 0.717) is 10.3 Å². The summed E-state index contributed by atoms with van der Waals surface area (Å²) in [6, 6.07) is 9.26. The summed E-state index contributed by atoms with van der Waals surface area (Å²) in [5.74, 6) is 0. The third-order valence-electron chi connectivity index (χ3n) is 2.97. The van der Waals surface area contributed by atoms with Crippen molar-refractivity contribution in [2.45, 2.75) is 35.4 Å². The van der Waals surface area contributed by atoms with E-state index in [1.807, 2.05) is 18.2 Å². The molecule has 0 heterocycles. The molecule has 0 bridgehead atoms. The van der Waals surface area contributed by atoms with E-state index in [9.17, 15) is 10.0 Å². The molecule has 92 valence electrons. The largest absolute Gasteiger partial charge is 0.350 e. The minimum Gasteiger partial charge on any atom is -0.350 e. The van der Waals surface area contributed by atoms with Gasteiger partial charge in [-0.25, -0.2) is 9.86 Å². The number of primary amides is 1. The Balaban J connectivity index is 1.88. The van der Waals surface area contributed by atoms with E-state index in [0.717, 1.165) is 19.3 Å². The van der Waals surface area contributed by atoms with Gasteiger partial charge in [0.1, 0.15) is 0 Å². The average molecular weight is 252 g/mol. The smallest absolute Gasteiger partial charge is 0.338 e. The van der Waals surface area contributed by atoms with Gasteiger partial charge >= 0.3 is 6.03 Å². The van der Waals surface area contributed by atoms with Gasteiger partial charge in [-0.05, 0) is 31.4 Å². The van der Waals surface area contributed by atoms with Crippen LogP contribution in [0.2, 0.25) is 0 Å². The summed E-state index contributed by atoms with van der Waals surface area (Å²) in [6.45, 7) is 0. The van der Waals surface area contributed by atoms with Gasteiger partial charge in [0.25, 0.3) is 0 Å². The number of nitrogens with zero attached hydrogens (tertiary/aromatic N) is 1. The average Bonchev–Trinajstić information content (AvgIpc) is 2.77. The number of thioether (sulfide) groups is 1. The lowest BCUT2D eigenvalue weighted by Gasteiger charge is -2.19. The van der Waals surface area contributed by atoms with Gasteiger partial charge in [0.15, 0.2) is 0 Å². The molecule has 4 nitrogen and oxygen atoms in total.